The van der Waals surface area contributed by atoms with Gasteiger partial charge in [0.2, 0.25) is 0 Å². The number of anilines is 1. The molecule has 6 nitrogen and oxygen atoms in total. The highest BCUT2D eigenvalue weighted by Gasteiger charge is 2.24. The van der Waals surface area contributed by atoms with Gasteiger partial charge < -0.3 is 14.9 Å². The van der Waals surface area contributed by atoms with Crippen LogP contribution in [0.4, 0.5) is 5.82 Å². The molecule has 3 heterocycles. The number of carbonyl (C=O) groups is 2. The Morgan fingerprint density at radius 2 is 2.04 bits per heavy atom. The van der Waals surface area contributed by atoms with Crippen molar-refractivity contribution in [1.82, 2.24) is 9.88 Å². The molecule has 3 rings (SSSR count). The van der Waals surface area contributed by atoms with E-state index in [0.717, 1.165) is 16.1 Å². The summed E-state index contributed by atoms with van der Waals surface area (Å²) in [4.78, 5) is 32.8. The molecule has 1 N–H and O–H groups in total. The third kappa shape index (κ3) is 3.12. The molecule has 0 atom stereocenters. The maximum absolute atomic E-state index is 12.5. The van der Waals surface area contributed by atoms with Gasteiger partial charge in [-0.2, -0.15) is 0 Å². The standard InChI is InChI=1S/C17H19N3O3S/c1-19(2)15-12(17(22)23)10-11-5-7-20(8-6-13(11)18-15)16(21)14-4-3-9-24-14/h3-4,9-10H,5-8H2,1-2H3,(H,22,23). The highest BCUT2D eigenvalue weighted by atomic mass is 32.1. The van der Waals surface area contributed by atoms with Crippen LogP contribution >= 0.6 is 11.3 Å². The number of thiophene rings is 1. The molecule has 0 fully saturated rings. The van der Waals surface area contributed by atoms with Crippen molar-refractivity contribution in [1.29, 1.82) is 0 Å². The number of carboxylic acids is 1. The van der Waals surface area contributed by atoms with Crippen LogP contribution in [0.1, 0.15) is 31.3 Å². The number of hydrogen-bond acceptors (Lipinski definition) is 5. The summed E-state index contributed by atoms with van der Waals surface area (Å²) in [5.41, 5.74) is 2.00. The van der Waals surface area contributed by atoms with E-state index in [1.165, 1.54) is 11.3 Å². The highest BCUT2D eigenvalue weighted by Crippen LogP contribution is 2.24. The smallest absolute Gasteiger partial charge is 0.339 e. The lowest BCUT2D eigenvalue weighted by Gasteiger charge is -2.19. The quantitative estimate of drug-likeness (QED) is 0.923. The van der Waals surface area contributed by atoms with E-state index in [-0.39, 0.29) is 11.5 Å². The SMILES string of the molecule is CN(C)c1nc2c(cc1C(=O)O)CCN(C(=O)c1cccs1)CC2. The molecule has 2 aromatic heterocycles. The molecule has 0 unspecified atom stereocenters. The molecule has 0 aromatic carbocycles. The molecule has 24 heavy (non-hydrogen) atoms. The van der Waals surface area contributed by atoms with Crippen molar-refractivity contribution in [2.45, 2.75) is 12.8 Å². The van der Waals surface area contributed by atoms with E-state index >= 15 is 0 Å². The van der Waals surface area contributed by atoms with E-state index in [2.05, 4.69) is 4.98 Å². The molecule has 0 radical (unpaired) electrons. The molecule has 7 heteroatoms. The average molecular weight is 345 g/mol. The molecule has 2 aromatic rings. The molecule has 0 bridgehead atoms. The van der Waals surface area contributed by atoms with Crippen LogP contribution in [0.25, 0.3) is 0 Å². The number of pyridine rings is 1. The summed E-state index contributed by atoms with van der Waals surface area (Å²) in [6.45, 7) is 1.17. The van der Waals surface area contributed by atoms with Crippen LogP contribution in [0.2, 0.25) is 0 Å². The van der Waals surface area contributed by atoms with Gasteiger partial charge in [-0.3, -0.25) is 4.79 Å². The van der Waals surface area contributed by atoms with Crippen molar-refractivity contribution in [2.24, 2.45) is 0 Å². The first-order valence-electron chi connectivity index (χ1n) is 7.73. The summed E-state index contributed by atoms with van der Waals surface area (Å²) in [7, 11) is 3.56. The number of carboxylic acid groups (broad SMARTS) is 1. The summed E-state index contributed by atoms with van der Waals surface area (Å²) >= 11 is 1.44. The average Bonchev–Trinajstić information content (AvgIpc) is 3.00. The van der Waals surface area contributed by atoms with Gasteiger partial charge in [-0.25, -0.2) is 9.78 Å². The van der Waals surface area contributed by atoms with Crippen molar-refractivity contribution >= 4 is 29.0 Å². The molecule has 126 valence electrons. The lowest BCUT2D eigenvalue weighted by molar-refractivity contribution is 0.0695. The maximum atomic E-state index is 12.5. The predicted octanol–water partition coefficient (Wildman–Crippen LogP) is 2.15. The number of aromatic nitrogens is 1. The first-order chi connectivity index (χ1) is 11.5. The monoisotopic (exact) mass is 345 g/mol. The Kier molecular flexibility index (Phi) is 4.53. The van der Waals surface area contributed by atoms with Crippen LogP contribution in [-0.4, -0.2) is 54.1 Å². The first-order valence-corrected chi connectivity index (χ1v) is 8.61. The fraction of sp³-hybridized carbons (Fsp3) is 0.353. The van der Waals surface area contributed by atoms with E-state index in [1.54, 1.807) is 25.1 Å². The molecule has 0 saturated heterocycles. The van der Waals surface area contributed by atoms with Crippen LogP contribution < -0.4 is 4.90 Å². The topological polar surface area (TPSA) is 73.7 Å². The van der Waals surface area contributed by atoms with E-state index in [9.17, 15) is 14.7 Å². The Labute approximate surface area is 144 Å². The van der Waals surface area contributed by atoms with Crippen molar-refractivity contribution in [3.05, 3.63) is 45.3 Å². The van der Waals surface area contributed by atoms with Crippen LogP contribution in [0.5, 0.6) is 0 Å². The van der Waals surface area contributed by atoms with Gasteiger partial charge in [-0.05, 0) is 29.5 Å². The zero-order valence-electron chi connectivity index (χ0n) is 13.7. The molecule has 1 aliphatic heterocycles. The molecule has 0 spiro atoms. The number of aromatic carboxylic acids is 1. The summed E-state index contributed by atoms with van der Waals surface area (Å²) < 4.78 is 0. The van der Waals surface area contributed by atoms with Crippen molar-refractivity contribution in [2.75, 3.05) is 32.1 Å². The second-order valence-corrected chi connectivity index (χ2v) is 6.88. The molecule has 0 saturated carbocycles. The fourth-order valence-corrected chi connectivity index (χ4v) is 3.57. The van der Waals surface area contributed by atoms with Gasteiger partial charge in [0.1, 0.15) is 11.4 Å². The Balaban J connectivity index is 1.88. The van der Waals surface area contributed by atoms with Gasteiger partial charge in [-0.1, -0.05) is 6.07 Å². The number of hydrogen-bond donors (Lipinski definition) is 1. The van der Waals surface area contributed by atoms with E-state index in [4.69, 9.17) is 0 Å². The van der Waals surface area contributed by atoms with Crippen LogP contribution in [0.3, 0.4) is 0 Å². The lowest BCUT2D eigenvalue weighted by atomic mass is 10.1. The lowest BCUT2D eigenvalue weighted by Crippen LogP contribution is -2.32. The Bertz CT molecular complexity index is 772. The molecular formula is C17H19N3O3S. The Morgan fingerprint density at radius 3 is 2.67 bits per heavy atom. The minimum atomic E-state index is -0.982. The maximum Gasteiger partial charge on any atom is 0.339 e. The van der Waals surface area contributed by atoms with Gasteiger partial charge in [0.05, 0.1) is 4.88 Å². The predicted molar refractivity (Wildman–Crippen MR) is 93.2 cm³/mol. The Morgan fingerprint density at radius 1 is 1.29 bits per heavy atom. The summed E-state index contributed by atoms with van der Waals surface area (Å²) in [5, 5.41) is 11.3. The number of rotatable bonds is 3. The van der Waals surface area contributed by atoms with Crippen molar-refractivity contribution in [3.63, 3.8) is 0 Å². The second-order valence-electron chi connectivity index (χ2n) is 5.93. The molecule has 0 aliphatic carbocycles. The largest absolute Gasteiger partial charge is 0.478 e. The van der Waals surface area contributed by atoms with Gasteiger partial charge >= 0.3 is 5.97 Å². The van der Waals surface area contributed by atoms with Crippen molar-refractivity contribution in [3.8, 4) is 0 Å². The zero-order valence-corrected chi connectivity index (χ0v) is 14.5. The Hall–Kier alpha value is -2.41. The van der Waals surface area contributed by atoms with Gasteiger partial charge in [0.25, 0.3) is 5.91 Å². The van der Waals surface area contributed by atoms with Crippen molar-refractivity contribution < 1.29 is 14.7 Å². The third-order valence-corrected chi connectivity index (χ3v) is 4.97. The van der Waals surface area contributed by atoms with E-state index in [1.807, 2.05) is 22.4 Å². The van der Waals surface area contributed by atoms with E-state index < -0.39 is 5.97 Å². The van der Waals surface area contributed by atoms with Gasteiger partial charge in [0, 0.05) is 39.3 Å². The first kappa shape index (κ1) is 16.4. The molecule has 1 aliphatic rings. The summed E-state index contributed by atoms with van der Waals surface area (Å²) in [6.07, 6.45) is 1.25. The number of carbonyl (C=O) groups excluding carboxylic acids is 1. The molecular weight excluding hydrogens is 326 g/mol. The number of amides is 1. The van der Waals surface area contributed by atoms with Crippen LogP contribution in [0.15, 0.2) is 23.6 Å². The summed E-state index contributed by atoms with van der Waals surface area (Å²) in [5.74, 6) is -0.492. The molecule has 1 amide bonds. The zero-order chi connectivity index (χ0) is 17.3. The fourth-order valence-electron chi connectivity index (χ4n) is 2.88. The third-order valence-electron chi connectivity index (χ3n) is 4.11. The minimum Gasteiger partial charge on any atom is -0.478 e. The normalized spacial score (nSPS) is 14.0. The van der Waals surface area contributed by atoms with E-state index in [0.29, 0.717) is 31.7 Å². The second kappa shape index (κ2) is 6.60. The number of fused-ring (bicyclic) bond motifs is 1. The number of nitrogens with zero attached hydrogens (tertiary/aromatic N) is 3. The summed E-state index contributed by atoms with van der Waals surface area (Å²) in [6, 6.07) is 5.41. The van der Waals surface area contributed by atoms with Gasteiger partial charge in [0.15, 0.2) is 0 Å². The van der Waals surface area contributed by atoms with Crippen LogP contribution in [-0.2, 0) is 12.8 Å². The minimum absolute atomic E-state index is 0.0316. The van der Waals surface area contributed by atoms with Crippen LogP contribution in [0, 0.1) is 0 Å². The highest BCUT2D eigenvalue weighted by molar-refractivity contribution is 7.12. The van der Waals surface area contributed by atoms with Gasteiger partial charge in [-0.15, -0.1) is 11.3 Å².